The van der Waals surface area contributed by atoms with Gasteiger partial charge in [-0.3, -0.25) is 0 Å². The Bertz CT molecular complexity index is 384. The van der Waals surface area contributed by atoms with Crippen molar-refractivity contribution >= 4 is 15.9 Å². The predicted octanol–water partition coefficient (Wildman–Crippen LogP) is 2.55. The summed E-state index contributed by atoms with van der Waals surface area (Å²) in [5, 5.41) is 22.9. The van der Waals surface area contributed by atoms with E-state index in [-0.39, 0.29) is 12.1 Å². The summed E-state index contributed by atoms with van der Waals surface area (Å²) in [6.45, 7) is 0.590. The molecule has 0 bridgehead atoms. The lowest BCUT2D eigenvalue weighted by molar-refractivity contribution is 0.0901. The highest BCUT2D eigenvalue weighted by Crippen LogP contribution is 2.23. The van der Waals surface area contributed by atoms with Gasteiger partial charge in [0, 0.05) is 22.6 Å². The molecule has 2 unspecified atom stereocenters. The van der Waals surface area contributed by atoms with Crippen molar-refractivity contribution in [1.29, 1.82) is 0 Å². The number of phenols is 1. The third kappa shape index (κ3) is 3.44. The van der Waals surface area contributed by atoms with Gasteiger partial charge in [0.05, 0.1) is 6.10 Å². The molecular weight excluding hydrogens is 282 g/mol. The van der Waals surface area contributed by atoms with E-state index in [1.165, 1.54) is 6.42 Å². The standard InChI is InChI=1S/C13H18BrNO2/c14-10-5-6-12(16)9(7-10)8-15-11-3-1-2-4-13(11)17/h5-7,11,13,15-17H,1-4,8H2. The first-order chi connectivity index (χ1) is 8.16. The Balaban J connectivity index is 1.94. The largest absolute Gasteiger partial charge is 0.508 e. The van der Waals surface area contributed by atoms with Crippen LogP contribution >= 0.6 is 15.9 Å². The van der Waals surface area contributed by atoms with Crippen molar-refractivity contribution in [1.82, 2.24) is 5.32 Å². The lowest BCUT2D eigenvalue weighted by atomic mass is 9.92. The van der Waals surface area contributed by atoms with Gasteiger partial charge < -0.3 is 15.5 Å². The minimum atomic E-state index is -0.252. The van der Waals surface area contributed by atoms with Crippen LogP contribution in [-0.4, -0.2) is 22.4 Å². The van der Waals surface area contributed by atoms with E-state index in [1.54, 1.807) is 6.07 Å². The molecule has 1 saturated carbocycles. The van der Waals surface area contributed by atoms with Crippen molar-refractivity contribution in [2.24, 2.45) is 0 Å². The summed E-state index contributed by atoms with van der Waals surface area (Å²) >= 11 is 3.39. The zero-order chi connectivity index (χ0) is 12.3. The van der Waals surface area contributed by atoms with Gasteiger partial charge in [-0.15, -0.1) is 0 Å². The van der Waals surface area contributed by atoms with Crippen LogP contribution in [0.3, 0.4) is 0 Å². The molecule has 0 saturated heterocycles. The van der Waals surface area contributed by atoms with Gasteiger partial charge in [0.15, 0.2) is 0 Å². The fourth-order valence-electron chi connectivity index (χ4n) is 2.29. The molecule has 1 aliphatic carbocycles. The van der Waals surface area contributed by atoms with Crippen LogP contribution in [0.1, 0.15) is 31.2 Å². The first-order valence-electron chi connectivity index (χ1n) is 6.05. The van der Waals surface area contributed by atoms with Crippen molar-refractivity contribution in [2.45, 2.75) is 44.4 Å². The highest BCUT2D eigenvalue weighted by Gasteiger charge is 2.22. The minimum Gasteiger partial charge on any atom is -0.508 e. The zero-order valence-electron chi connectivity index (χ0n) is 9.69. The molecule has 0 heterocycles. The van der Waals surface area contributed by atoms with Crippen LogP contribution in [0.25, 0.3) is 0 Å². The molecule has 0 amide bonds. The molecule has 3 N–H and O–H groups in total. The molecule has 1 aromatic rings. The number of aliphatic hydroxyl groups is 1. The zero-order valence-corrected chi connectivity index (χ0v) is 11.3. The number of hydrogen-bond donors (Lipinski definition) is 3. The molecule has 4 heteroatoms. The van der Waals surface area contributed by atoms with Crippen molar-refractivity contribution < 1.29 is 10.2 Å². The second kappa shape index (κ2) is 5.85. The van der Waals surface area contributed by atoms with E-state index in [0.717, 1.165) is 29.3 Å². The molecule has 17 heavy (non-hydrogen) atoms. The number of hydrogen-bond acceptors (Lipinski definition) is 3. The Morgan fingerprint density at radius 2 is 2.06 bits per heavy atom. The second-order valence-corrected chi connectivity index (χ2v) is 5.53. The Labute approximate surface area is 110 Å². The van der Waals surface area contributed by atoms with Crippen molar-refractivity contribution in [3.05, 3.63) is 28.2 Å². The summed E-state index contributed by atoms with van der Waals surface area (Å²) in [4.78, 5) is 0. The number of aliphatic hydroxyl groups excluding tert-OH is 1. The molecular formula is C13H18BrNO2. The van der Waals surface area contributed by atoms with Gasteiger partial charge in [-0.05, 0) is 31.0 Å². The Morgan fingerprint density at radius 3 is 2.82 bits per heavy atom. The molecule has 3 nitrogen and oxygen atoms in total. The highest BCUT2D eigenvalue weighted by atomic mass is 79.9. The second-order valence-electron chi connectivity index (χ2n) is 4.61. The number of aromatic hydroxyl groups is 1. The normalized spacial score (nSPS) is 24.8. The van der Waals surface area contributed by atoms with Crippen LogP contribution in [0.4, 0.5) is 0 Å². The van der Waals surface area contributed by atoms with Crippen LogP contribution < -0.4 is 5.32 Å². The highest BCUT2D eigenvalue weighted by molar-refractivity contribution is 9.10. The van der Waals surface area contributed by atoms with Gasteiger partial charge in [0.2, 0.25) is 0 Å². The quantitative estimate of drug-likeness (QED) is 0.804. The number of rotatable bonds is 3. The maximum Gasteiger partial charge on any atom is 0.120 e. The molecule has 0 aliphatic heterocycles. The fourth-order valence-corrected chi connectivity index (χ4v) is 2.69. The maximum atomic E-state index is 9.84. The van der Waals surface area contributed by atoms with E-state index in [4.69, 9.17) is 0 Å². The van der Waals surface area contributed by atoms with Crippen LogP contribution in [0.5, 0.6) is 5.75 Å². The summed E-state index contributed by atoms with van der Waals surface area (Å²) in [6.07, 6.45) is 3.91. The van der Waals surface area contributed by atoms with E-state index in [1.807, 2.05) is 12.1 Å². The van der Waals surface area contributed by atoms with Gasteiger partial charge in [-0.25, -0.2) is 0 Å². The monoisotopic (exact) mass is 299 g/mol. The van der Waals surface area contributed by atoms with E-state index in [0.29, 0.717) is 12.3 Å². The minimum absolute atomic E-state index is 0.155. The first kappa shape index (κ1) is 12.9. The summed E-state index contributed by atoms with van der Waals surface area (Å²) < 4.78 is 0.955. The molecule has 94 valence electrons. The molecule has 1 aliphatic rings. The average molecular weight is 300 g/mol. The molecule has 2 atom stereocenters. The predicted molar refractivity (Wildman–Crippen MR) is 70.9 cm³/mol. The summed E-state index contributed by atoms with van der Waals surface area (Å²) in [6, 6.07) is 5.55. The Kier molecular flexibility index (Phi) is 4.42. The Hall–Kier alpha value is -0.580. The fraction of sp³-hybridized carbons (Fsp3) is 0.538. The molecule has 0 spiro atoms. The lowest BCUT2D eigenvalue weighted by Gasteiger charge is -2.28. The summed E-state index contributed by atoms with van der Waals surface area (Å²) in [7, 11) is 0. The van der Waals surface area contributed by atoms with Crippen molar-refractivity contribution in [3.8, 4) is 5.75 Å². The van der Waals surface area contributed by atoms with E-state index in [2.05, 4.69) is 21.2 Å². The van der Waals surface area contributed by atoms with Gasteiger partial charge >= 0.3 is 0 Å². The SMILES string of the molecule is Oc1ccc(Br)cc1CNC1CCCCC1O. The van der Waals surface area contributed by atoms with E-state index < -0.39 is 0 Å². The van der Waals surface area contributed by atoms with E-state index >= 15 is 0 Å². The third-order valence-corrected chi connectivity index (χ3v) is 3.82. The van der Waals surface area contributed by atoms with Crippen LogP contribution in [0, 0.1) is 0 Å². The van der Waals surface area contributed by atoms with Gasteiger partial charge in [-0.1, -0.05) is 28.8 Å². The first-order valence-corrected chi connectivity index (χ1v) is 6.85. The van der Waals surface area contributed by atoms with Crippen molar-refractivity contribution in [3.63, 3.8) is 0 Å². The van der Waals surface area contributed by atoms with Gasteiger partial charge in [0.25, 0.3) is 0 Å². The van der Waals surface area contributed by atoms with Crippen LogP contribution in [0.2, 0.25) is 0 Å². The smallest absolute Gasteiger partial charge is 0.120 e. The molecule has 0 aromatic heterocycles. The molecule has 0 radical (unpaired) electrons. The molecule has 1 fully saturated rings. The summed E-state index contributed by atoms with van der Waals surface area (Å²) in [5.41, 5.74) is 0.858. The van der Waals surface area contributed by atoms with Crippen LogP contribution in [0.15, 0.2) is 22.7 Å². The van der Waals surface area contributed by atoms with Gasteiger partial charge in [0.1, 0.15) is 5.75 Å². The third-order valence-electron chi connectivity index (χ3n) is 3.33. The Morgan fingerprint density at radius 1 is 1.29 bits per heavy atom. The number of phenolic OH excluding ortho intramolecular Hbond substituents is 1. The van der Waals surface area contributed by atoms with Crippen molar-refractivity contribution in [2.75, 3.05) is 0 Å². The van der Waals surface area contributed by atoms with Crippen LogP contribution in [-0.2, 0) is 6.54 Å². The maximum absolute atomic E-state index is 9.84. The number of benzene rings is 1. The number of halogens is 1. The molecule has 1 aromatic carbocycles. The van der Waals surface area contributed by atoms with E-state index in [9.17, 15) is 10.2 Å². The van der Waals surface area contributed by atoms with Gasteiger partial charge in [-0.2, -0.15) is 0 Å². The lowest BCUT2D eigenvalue weighted by Crippen LogP contribution is -2.41. The average Bonchev–Trinajstić information content (AvgIpc) is 2.32. The molecule has 2 rings (SSSR count). The number of nitrogens with one attached hydrogen (secondary N) is 1. The topological polar surface area (TPSA) is 52.5 Å². The summed E-state index contributed by atoms with van der Waals surface area (Å²) in [5.74, 6) is 0.297.